The highest BCUT2D eigenvalue weighted by atomic mass is 79.9. The van der Waals surface area contributed by atoms with E-state index in [9.17, 15) is 4.79 Å². The molecule has 1 aliphatic heterocycles. The van der Waals surface area contributed by atoms with Gasteiger partial charge >= 0.3 is 5.97 Å². The SMILES string of the molecule is CCCCSc1nc2n(n1)C(c1cc(Br)ccc1OCCC)C(C(=O)OC(C)C)=C(C)N2. The summed E-state index contributed by atoms with van der Waals surface area (Å²) in [6.07, 6.45) is 2.85. The number of anilines is 1. The maximum absolute atomic E-state index is 13.2. The highest BCUT2D eigenvalue weighted by molar-refractivity contribution is 9.10. The number of benzene rings is 1. The van der Waals surface area contributed by atoms with Gasteiger partial charge in [0.15, 0.2) is 0 Å². The second-order valence-electron chi connectivity index (χ2n) is 7.92. The Labute approximate surface area is 202 Å². The molecule has 2 heterocycles. The molecule has 9 heteroatoms. The first kappa shape index (κ1) is 24.6. The Bertz CT molecular complexity index is 990. The molecule has 0 radical (unpaired) electrons. The highest BCUT2D eigenvalue weighted by Gasteiger charge is 2.37. The maximum atomic E-state index is 13.2. The van der Waals surface area contributed by atoms with Crippen molar-refractivity contribution < 1.29 is 14.3 Å². The molecule has 2 aromatic rings. The molecule has 1 N–H and O–H groups in total. The van der Waals surface area contributed by atoms with Gasteiger partial charge in [-0.1, -0.05) is 48.0 Å². The van der Waals surface area contributed by atoms with Crippen molar-refractivity contribution in [2.24, 2.45) is 0 Å². The van der Waals surface area contributed by atoms with Crippen LogP contribution in [-0.2, 0) is 9.53 Å². The molecular weight excluding hydrogens is 492 g/mol. The molecule has 0 aliphatic carbocycles. The predicted octanol–water partition coefficient (Wildman–Crippen LogP) is 5.96. The minimum atomic E-state index is -0.519. The third-order valence-electron chi connectivity index (χ3n) is 4.85. The summed E-state index contributed by atoms with van der Waals surface area (Å²) in [4.78, 5) is 17.9. The van der Waals surface area contributed by atoms with E-state index in [0.717, 1.165) is 35.1 Å². The van der Waals surface area contributed by atoms with Crippen LogP contribution in [0.25, 0.3) is 0 Å². The number of aromatic nitrogens is 3. The lowest BCUT2D eigenvalue weighted by molar-refractivity contribution is -0.143. The monoisotopic (exact) mass is 522 g/mol. The van der Waals surface area contributed by atoms with Crippen molar-refractivity contribution in [3.8, 4) is 5.75 Å². The zero-order valence-electron chi connectivity index (χ0n) is 19.3. The van der Waals surface area contributed by atoms with Gasteiger partial charge in [0.2, 0.25) is 11.1 Å². The van der Waals surface area contributed by atoms with Crippen molar-refractivity contribution in [3.05, 3.63) is 39.5 Å². The van der Waals surface area contributed by atoms with Crippen LogP contribution in [0, 0.1) is 0 Å². The van der Waals surface area contributed by atoms with Crippen LogP contribution in [0.1, 0.15) is 65.5 Å². The second kappa shape index (κ2) is 11.2. The average Bonchev–Trinajstić information content (AvgIpc) is 3.13. The molecule has 1 aromatic carbocycles. The Morgan fingerprint density at radius 2 is 2.09 bits per heavy atom. The van der Waals surface area contributed by atoms with E-state index in [-0.39, 0.29) is 12.1 Å². The van der Waals surface area contributed by atoms with Gasteiger partial charge in [-0.25, -0.2) is 9.48 Å². The molecule has 1 atom stereocenters. The number of ether oxygens (including phenoxy) is 2. The summed E-state index contributed by atoms with van der Waals surface area (Å²) in [6.45, 7) is 10.4. The van der Waals surface area contributed by atoms with E-state index >= 15 is 0 Å². The van der Waals surface area contributed by atoms with Gasteiger partial charge in [0.25, 0.3) is 0 Å². The third kappa shape index (κ3) is 5.67. The van der Waals surface area contributed by atoms with Gasteiger partial charge < -0.3 is 14.8 Å². The number of nitrogens with zero attached hydrogens (tertiary/aromatic N) is 3. The van der Waals surface area contributed by atoms with Crippen molar-refractivity contribution in [3.63, 3.8) is 0 Å². The number of nitrogens with one attached hydrogen (secondary N) is 1. The topological polar surface area (TPSA) is 78.3 Å². The molecule has 32 heavy (non-hydrogen) atoms. The number of thioether (sulfide) groups is 1. The van der Waals surface area contributed by atoms with Gasteiger partial charge in [0.1, 0.15) is 11.8 Å². The van der Waals surface area contributed by atoms with E-state index in [0.29, 0.717) is 34.7 Å². The minimum absolute atomic E-state index is 0.237. The Morgan fingerprint density at radius 1 is 1.31 bits per heavy atom. The number of rotatable bonds is 10. The highest BCUT2D eigenvalue weighted by Crippen LogP contribution is 2.41. The normalized spacial score (nSPS) is 15.5. The van der Waals surface area contributed by atoms with E-state index in [4.69, 9.17) is 14.6 Å². The number of unbranched alkanes of at least 4 members (excludes halogenated alkanes) is 1. The van der Waals surface area contributed by atoms with E-state index in [1.165, 1.54) is 0 Å². The van der Waals surface area contributed by atoms with Crippen molar-refractivity contribution in [2.45, 2.75) is 71.2 Å². The van der Waals surface area contributed by atoms with Crippen LogP contribution in [0.5, 0.6) is 5.75 Å². The Hall–Kier alpha value is -2.00. The molecule has 174 valence electrons. The summed E-state index contributed by atoms with van der Waals surface area (Å²) in [5.41, 5.74) is 2.04. The van der Waals surface area contributed by atoms with Gasteiger partial charge in [-0.15, -0.1) is 5.10 Å². The molecular formula is C23H31BrN4O3S. The number of carbonyl (C=O) groups excluding carboxylic acids is 1. The quantitative estimate of drug-likeness (QED) is 0.234. The predicted molar refractivity (Wildman–Crippen MR) is 131 cm³/mol. The fourth-order valence-corrected chi connectivity index (χ4v) is 4.70. The molecule has 7 nitrogen and oxygen atoms in total. The summed E-state index contributed by atoms with van der Waals surface area (Å²) in [5.74, 6) is 1.89. The molecule has 0 spiro atoms. The first-order valence-corrected chi connectivity index (χ1v) is 12.8. The van der Waals surface area contributed by atoms with Gasteiger partial charge in [0, 0.05) is 21.5 Å². The van der Waals surface area contributed by atoms with Crippen molar-refractivity contribution in [2.75, 3.05) is 17.7 Å². The van der Waals surface area contributed by atoms with Crippen molar-refractivity contribution in [1.82, 2.24) is 14.8 Å². The zero-order chi connectivity index (χ0) is 23.3. The van der Waals surface area contributed by atoms with Crippen LogP contribution >= 0.6 is 27.7 Å². The van der Waals surface area contributed by atoms with Crippen LogP contribution < -0.4 is 10.1 Å². The minimum Gasteiger partial charge on any atom is -0.493 e. The maximum Gasteiger partial charge on any atom is 0.338 e. The lowest BCUT2D eigenvalue weighted by Gasteiger charge is -2.29. The Balaban J connectivity index is 2.12. The number of esters is 1. The number of fused-ring (bicyclic) bond motifs is 1. The molecule has 0 bridgehead atoms. The fourth-order valence-electron chi connectivity index (χ4n) is 3.41. The van der Waals surface area contributed by atoms with E-state index in [1.54, 1.807) is 16.4 Å². The molecule has 1 aliphatic rings. The number of carbonyl (C=O) groups is 1. The second-order valence-corrected chi connectivity index (χ2v) is 9.89. The van der Waals surface area contributed by atoms with Gasteiger partial charge in [0.05, 0.1) is 18.3 Å². The molecule has 0 saturated carbocycles. The first-order valence-electron chi connectivity index (χ1n) is 11.1. The standard InChI is InChI=1S/C23H31BrN4O3S/c1-6-8-12-32-23-26-22-25-15(5)19(21(29)31-14(3)4)20(28(22)27-23)17-13-16(24)9-10-18(17)30-11-7-2/h9-10,13-14,20H,6-8,11-12H2,1-5H3,(H,25,26,27). The van der Waals surface area contributed by atoms with Crippen LogP contribution in [-0.4, -0.2) is 39.2 Å². The smallest absolute Gasteiger partial charge is 0.338 e. The number of halogens is 1. The summed E-state index contributed by atoms with van der Waals surface area (Å²) < 4.78 is 14.3. The molecule has 1 aromatic heterocycles. The molecule has 1 unspecified atom stereocenters. The van der Waals surface area contributed by atoms with Gasteiger partial charge in [-0.3, -0.25) is 0 Å². The lowest BCUT2D eigenvalue weighted by Crippen LogP contribution is -2.31. The van der Waals surface area contributed by atoms with Crippen LogP contribution in [0.4, 0.5) is 5.95 Å². The van der Waals surface area contributed by atoms with Crippen molar-refractivity contribution >= 4 is 39.6 Å². The Morgan fingerprint density at radius 3 is 2.78 bits per heavy atom. The summed E-state index contributed by atoms with van der Waals surface area (Å²) >= 11 is 5.20. The molecule has 0 amide bonds. The largest absolute Gasteiger partial charge is 0.493 e. The number of hydrogen-bond acceptors (Lipinski definition) is 7. The van der Waals surface area contributed by atoms with E-state index in [1.807, 2.05) is 39.0 Å². The Kier molecular flexibility index (Phi) is 8.64. The summed E-state index contributed by atoms with van der Waals surface area (Å²) in [6, 6.07) is 5.32. The first-order chi connectivity index (χ1) is 15.3. The van der Waals surface area contributed by atoms with E-state index < -0.39 is 6.04 Å². The molecule has 0 saturated heterocycles. The van der Waals surface area contributed by atoms with Crippen LogP contribution in [0.3, 0.4) is 0 Å². The van der Waals surface area contributed by atoms with E-state index in [2.05, 4.69) is 40.1 Å². The van der Waals surface area contributed by atoms with Crippen LogP contribution in [0.15, 0.2) is 39.1 Å². The summed E-state index contributed by atoms with van der Waals surface area (Å²) in [5, 5.41) is 8.71. The molecule has 0 fully saturated rings. The average molecular weight is 523 g/mol. The van der Waals surface area contributed by atoms with Gasteiger partial charge in [-0.05, 0) is 51.8 Å². The lowest BCUT2D eigenvalue weighted by atomic mass is 9.95. The molecule has 3 rings (SSSR count). The number of hydrogen-bond donors (Lipinski definition) is 1. The van der Waals surface area contributed by atoms with Crippen molar-refractivity contribution in [1.29, 1.82) is 0 Å². The third-order valence-corrected chi connectivity index (χ3v) is 6.27. The zero-order valence-corrected chi connectivity index (χ0v) is 21.7. The van der Waals surface area contributed by atoms with Gasteiger partial charge in [-0.2, -0.15) is 4.98 Å². The fraction of sp³-hybridized carbons (Fsp3) is 0.522. The van der Waals surface area contributed by atoms with Crippen LogP contribution in [0.2, 0.25) is 0 Å². The number of allylic oxidation sites excluding steroid dienone is 1. The summed E-state index contributed by atoms with van der Waals surface area (Å²) in [7, 11) is 0.